The zero-order valence-corrected chi connectivity index (χ0v) is 24.4. The maximum atomic E-state index is 14.2. The van der Waals surface area contributed by atoms with Gasteiger partial charge < -0.3 is 10.2 Å². The fourth-order valence-electron chi connectivity index (χ4n) is 5.33. The molecule has 1 saturated carbocycles. The summed E-state index contributed by atoms with van der Waals surface area (Å²) in [5.74, 6) is -0.644. The van der Waals surface area contributed by atoms with E-state index in [1.807, 2.05) is 74.5 Å². The number of carbonyl (C=O) groups excluding carboxylic acids is 2. The van der Waals surface area contributed by atoms with Crippen molar-refractivity contribution in [1.82, 2.24) is 10.2 Å². The highest BCUT2D eigenvalue weighted by Gasteiger charge is 2.34. The zero-order valence-electron chi connectivity index (χ0n) is 23.5. The van der Waals surface area contributed by atoms with E-state index in [9.17, 15) is 18.0 Å². The smallest absolute Gasteiger partial charge is 0.244 e. The summed E-state index contributed by atoms with van der Waals surface area (Å²) < 4.78 is 26.9. The highest BCUT2D eigenvalue weighted by molar-refractivity contribution is 7.92. The Labute approximate surface area is 238 Å². The highest BCUT2D eigenvalue weighted by atomic mass is 32.2. The van der Waals surface area contributed by atoms with Crippen LogP contribution in [0.25, 0.3) is 0 Å². The van der Waals surface area contributed by atoms with Crippen molar-refractivity contribution in [1.29, 1.82) is 0 Å². The van der Waals surface area contributed by atoms with Crippen LogP contribution in [0, 0.1) is 13.8 Å². The summed E-state index contributed by atoms with van der Waals surface area (Å²) in [5.41, 5.74) is 4.14. The van der Waals surface area contributed by atoms with Crippen LogP contribution in [0.3, 0.4) is 0 Å². The molecule has 1 N–H and O–H groups in total. The Morgan fingerprint density at radius 2 is 1.50 bits per heavy atom. The first-order valence-corrected chi connectivity index (χ1v) is 15.7. The average Bonchev–Trinajstić information content (AvgIpc) is 3.42. The van der Waals surface area contributed by atoms with Gasteiger partial charge in [-0.15, -0.1) is 0 Å². The Balaban J connectivity index is 1.72. The van der Waals surface area contributed by atoms with Crippen molar-refractivity contribution < 1.29 is 18.0 Å². The molecule has 0 aromatic heterocycles. The molecule has 0 unspecified atom stereocenters. The van der Waals surface area contributed by atoms with E-state index in [1.165, 1.54) is 0 Å². The lowest BCUT2D eigenvalue weighted by atomic mass is 10.0. The van der Waals surface area contributed by atoms with Crippen molar-refractivity contribution >= 4 is 27.5 Å². The molecule has 3 aromatic carbocycles. The van der Waals surface area contributed by atoms with Gasteiger partial charge in [-0.1, -0.05) is 85.1 Å². The van der Waals surface area contributed by atoms with Gasteiger partial charge in [-0.3, -0.25) is 13.9 Å². The van der Waals surface area contributed by atoms with Crippen LogP contribution in [0.5, 0.6) is 0 Å². The number of carbonyl (C=O) groups is 2. The van der Waals surface area contributed by atoms with Crippen LogP contribution in [0.1, 0.15) is 47.9 Å². The number of hydrogen-bond donors (Lipinski definition) is 1. The molecule has 40 heavy (non-hydrogen) atoms. The molecule has 4 rings (SSSR count). The maximum Gasteiger partial charge on any atom is 0.244 e. The third-order valence-corrected chi connectivity index (χ3v) is 8.52. The van der Waals surface area contributed by atoms with E-state index in [-0.39, 0.29) is 18.5 Å². The second kappa shape index (κ2) is 13.1. The van der Waals surface area contributed by atoms with E-state index < -0.39 is 28.5 Å². The van der Waals surface area contributed by atoms with E-state index >= 15 is 0 Å². The predicted octanol–water partition coefficient (Wildman–Crippen LogP) is 4.77. The first-order chi connectivity index (χ1) is 19.1. The number of anilines is 1. The van der Waals surface area contributed by atoms with E-state index in [0.29, 0.717) is 12.1 Å². The Bertz CT molecular complexity index is 1420. The van der Waals surface area contributed by atoms with Gasteiger partial charge in [0.1, 0.15) is 12.6 Å². The van der Waals surface area contributed by atoms with Crippen molar-refractivity contribution in [3.63, 3.8) is 0 Å². The molecule has 1 aliphatic rings. The van der Waals surface area contributed by atoms with Gasteiger partial charge in [0.05, 0.1) is 11.9 Å². The average molecular weight is 562 g/mol. The van der Waals surface area contributed by atoms with E-state index in [2.05, 4.69) is 5.32 Å². The second-order valence-corrected chi connectivity index (χ2v) is 12.7. The van der Waals surface area contributed by atoms with Gasteiger partial charge in [-0.05, 0) is 55.5 Å². The summed E-state index contributed by atoms with van der Waals surface area (Å²) in [7, 11) is -3.78. The summed E-state index contributed by atoms with van der Waals surface area (Å²) in [6.45, 7) is 3.63. The topological polar surface area (TPSA) is 86.8 Å². The summed E-state index contributed by atoms with van der Waals surface area (Å²) in [6.07, 6.45) is 5.40. The van der Waals surface area contributed by atoms with Crippen LogP contribution >= 0.6 is 0 Å². The lowest BCUT2D eigenvalue weighted by Crippen LogP contribution is -2.54. The van der Waals surface area contributed by atoms with Gasteiger partial charge in [-0.25, -0.2) is 8.42 Å². The number of amides is 2. The van der Waals surface area contributed by atoms with Gasteiger partial charge in [0.25, 0.3) is 0 Å². The molecule has 0 spiro atoms. The number of benzene rings is 3. The lowest BCUT2D eigenvalue weighted by molar-refractivity contribution is -0.140. The van der Waals surface area contributed by atoms with Gasteiger partial charge in [0, 0.05) is 19.0 Å². The van der Waals surface area contributed by atoms with Crippen LogP contribution < -0.4 is 9.62 Å². The number of aryl methyl sites for hydroxylation is 2. The fraction of sp³-hybridized carbons (Fsp3) is 0.375. The Morgan fingerprint density at radius 3 is 2.12 bits per heavy atom. The van der Waals surface area contributed by atoms with Crippen LogP contribution in [-0.2, 0) is 32.6 Å². The molecule has 2 amide bonds. The zero-order chi connectivity index (χ0) is 28.7. The molecule has 0 radical (unpaired) electrons. The molecule has 8 heteroatoms. The molecule has 0 bridgehead atoms. The van der Waals surface area contributed by atoms with Gasteiger partial charge in [0.2, 0.25) is 21.8 Å². The van der Waals surface area contributed by atoms with Crippen molar-refractivity contribution in [2.45, 2.75) is 64.6 Å². The van der Waals surface area contributed by atoms with Crippen molar-refractivity contribution in [2.24, 2.45) is 0 Å². The standard InChI is InChI=1S/C32H39N3O4S/c1-24-11-9-15-27(19-24)22-34(31(36)23-35(40(3,38)39)29-18-10-12-25(2)20-29)30(21-26-13-5-4-6-14-26)32(37)33-28-16-7-8-17-28/h4-6,9-15,18-20,28,30H,7-8,16-17,21-23H2,1-3H3,(H,33,37)/t30-/m1/s1. The Morgan fingerprint density at radius 1 is 0.875 bits per heavy atom. The van der Waals surface area contributed by atoms with Crippen LogP contribution in [0.15, 0.2) is 78.9 Å². The van der Waals surface area contributed by atoms with E-state index in [4.69, 9.17) is 0 Å². The minimum absolute atomic E-state index is 0.0847. The van der Waals surface area contributed by atoms with Crippen LogP contribution in [0.4, 0.5) is 5.69 Å². The monoisotopic (exact) mass is 561 g/mol. The van der Waals surface area contributed by atoms with Gasteiger partial charge in [0.15, 0.2) is 0 Å². The first kappa shape index (κ1) is 29.3. The van der Waals surface area contributed by atoms with E-state index in [0.717, 1.165) is 58.5 Å². The number of nitrogens with one attached hydrogen (secondary N) is 1. The predicted molar refractivity (Wildman–Crippen MR) is 159 cm³/mol. The normalized spacial score (nSPS) is 14.5. The lowest BCUT2D eigenvalue weighted by Gasteiger charge is -2.34. The number of sulfonamides is 1. The minimum atomic E-state index is -3.78. The molecule has 1 atom stereocenters. The summed E-state index contributed by atoms with van der Waals surface area (Å²) >= 11 is 0. The number of hydrogen-bond acceptors (Lipinski definition) is 4. The Hall–Kier alpha value is -3.65. The summed E-state index contributed by atoms with van der Waals surface area (Å²) in [6, 6.07) is 23.8. The Kier molecular flexibility index (Phi) is 9.63. The molecule has 212 valence electrons. The molecule has 1 aliphatic carbocycles. The highest BCUT2D eigenvalue weighted by Crippen LogP contribution is 2.23. The molecule has 1 fully saturated rings. The van der Waals surface area contributed by atoms with E-state index in [1.54, 1.807) is 23.1 Å². The number of rotatable bonds is 11. The molecule has 0 saturated heterocycles. The summed E-state index contributed by atoms with van der Waals surface area (Å²) in [5, 5.41) is 3.19. The first-order valence-electron chi connectivity index (χ1n) is 13.8. The maximum absolute atomic E-state index is 14.2. The third kappa shape index (κ3) is 7.94. The van der Waals surface area contributed by atoms with Crippen molar-refractivity contribution in [2.75, 3.05) is 17.1 Å². The quantitative estimate of drug-likeness (QED) is 0.366. The second-order valence-electron chi connectivity index (χ2n) is 10.8. The molecule has 0 heterocycles. The van der Waals surface area contributed by atoms with Gasteiger partial charge >= 0.3 is 0 Å². The molecule has 0 aliphatic heterocycles. The molecule has 7 nitrogen and oxygen atoms in total. The largest absolute Gasteiger partial charge is 0.352 e. The SMILES string of the molecule is Cc1cccc(CN(C(=O)CN(c2cccc(C)c2)S(C)(=O)=O)[C@H](Cc2ccccc2)C(=O)NC2CCCC2)c1. The minimum Gasteiger partial charge on any atom is -0.352 e. The fourth-order valence-corrected chi connectivity index (χ4v) is 6.17. The third-order valence-electron chi connectivity index (χ3n) is 7.38. The summed E-state index contributed by atoms with van der Waals surface area (Å²) in [4.78, 5) is 29.6. The molecular weight excluding hydrogens is 522 g/mol. The number of nitrogens with zero attached hydrogens (tertiary/aromatic N) is 2. The van der Waals surface area contributed by atoms with Crippen LogP contribution in [-0.4, -0.2) is 50.0 Å². The van der Waals surface area contributed by atoms with Crippen molar-refractivity contribution in [3.05, 3.63) is 101 Å². The van der Waals surface area contributed by atoms with Crippen LogP contribution in [0.2, 0.25) is 0 Å². The van der Waals surface area contributed by atoms with Gasteiger partial charge in [-0.2, -0.15) is 0 Å². The van der Waals surface area contributed by atoms with Crippen molar-refractivity contribution in [3.8, 4) is 0 Å². The molecule has 3 aromatic rings. The molecular formula is C32H39N3O4S.